The first-order valence-corrected chi connectivity index (χ1v) is 11.6. The fraction of sp³-hybridized carbons (Fsp3) is 0.500. The lowest BCUT2D eigenvalue weighted by Gasteiger charge is -2.36. The van der Waals surface area contributed by atoms with Gasteiger partial charge < -0.3 is 14.2 Å². The summed E-state index contributed by atoms with van der Waals surface area (Å²) in [5.41, 5.74) is 4.82. The Labute approximate surface area is 143 Å². The van der Waals surface area contributed by atoms with Crippen LogP contribution in [-0.2, 0) is 21.5 Å². The largest absolute Gasteiger partial charge is 0.469 e. The highest BCUT2D eigenvalue weighted by molar-refractivity contribution is 6.83. The number of hydrogen-bond donors (Lipinski definition) is 1. The van der Waals surface area contributed by atoms with Gasteiger partial charge in [0.1, 0.15) is 13.6 Å². The van der Waals surface area contributed by atoms with E-state index in [-0.39, 0.29) is 19.2 Å². The molecule has 0 radical (unpaired) electrons. The van der Waals surface area contributed by atoms with Crippen LogP contribution in [-0.4, -0.2) is 34.5 Å². The minimum atomic E-state index is -1.60. The Bertz CT molecular complexity index is 729. The van der Waals surface area contributed by atoms with Crippen molar-refractivity contribution in [3.63, 3.8) is 0 Å². The van der Waals surface area contributed by atoms with E-state index in [4.69, 9.17) is 14.2 Å². The average Bonchev–Trinajstić information content (AvgIpc) is 2.98. The minimum absolute atomic E-state index is 0.174. The number of carbonyl (C=O) groups excluding carboxylic acids is 1. The molecule has 2 aliphatic heterocycles. The van der Waals surface area contributed by atoms with E-state index < -0.39 is 13.6 Å². The summed E-state index contributed by atoms with van der Waals surface area (Å²) in [6.45, 7) is 7.56. The zero-order chi connectivity index (χ0) is 17.4. The third-order valence-corrected chi connectivity index (χ3v) is 5.04. The number of methoxy groups -OCH3 is 1. The molecule has 1 atom stereocenters. The van der Waals surface area contributed by atoms with Crippen molar-refractivity contribution in [1.82, 2.24) is 5.32 Å². The third-order valence-electron chi connectivity index (χ3n) is 4.17. The van der Waals surface area contributed by atoms with E-state index in [2.05, 4.69) is 36.4 Å². The molecular weight excluding hydrogens is 322 g/mol. The summed E-state index contributed by atoms with van der Waals surface area (Å²) in [7, 11) is -0.192. The standard InChI is InChI=1S/C18H23NO4Si/c1-21-17(20)11-18(6-8-24(2,3)4)14-10-16-15(22-12-23-16)9-13(14)5-7-19-18/h9-10,19H,5,7,11-12H2,1-4H3. The molecule has 0 aromatic heterocycles. The first kappa shape index (κ1) is 16.9. The van der Waals surface area contributed by atoms with Gasteiger partial charge in [-0.1, -0.05) is 25.6 Å². The van der Waals surface area contributed by atoms with Gasteiger partial charge in [-0.3, -0.25) is 10.1 Å². The van der Waals surface area contributed by atoms with Gasteiger partial charge in [0.2, 0.25) is 6.79 Å². The molecule has 0 aliphatic carbocycles. The first-order chi connectivity index (χ1) is 11.3. The highest BCUT2D eigenvalue weighted by atomic mass is 28.3. The Hall–Kier alpha value is -1.97. The second-order valence-electron chi connectivity index (χ2n) is 7.20. The van der Waals surface area contributed by atoms with Crippen LogP contribution in [0.3, 0.4) is 0 Å². The Kier molecular flexibility index (Phi) is 4.32. The SMILES string of the molecule is COC(=O)CC1(C#C[Si](C)(C)C)NCCc2cc3c(cc21)OCO3. The number of esters is 1. The van der Waals surface area contributed by atoms with E-state index in [1.807, 2.05) is 12.1 Å². The van der Waals surface area contributed by atoms with Crippen LogP contribution in [0.25, 0.3) is 0 Å². The zero-order valence-corrected chi connectivity index (χ0v) is 15.6. The van der Waals surface area contributed by atoms with Crippen LogP contribution in [0.15, 0.2) is 12.1 Å². The maximum atomic E-state index is 12.1. The highest BCUT2D eigenvalue weighted by Crippen LogP contribution is 2.41. The molecule has 5 nitrogen and oxygen atoms in total. The van der Waals surface area contributed by atoms with Crippen LogP contribution in [0.2, 0.25) is 19.6 Å². The number of benzene rings is 1. The van der Waals surface area contributed by atoms with Crippen molar-refractivity contribution in [2.75, 3.05) is 20.4 Å². The predicted molar refractivity (Wildman–Crippen MR) is 93.7 cm³/mol. The number of carbonyl (C=O) groups is 1. The van der Waals surface area contributed by atoms with E-state index in [9.17, 15) is 4.79 Å². The molecule has 128 valence electrons. The summed E-state index contributed by atoms with van der Waals surface area (Å²) in [5.74, 6) is 4.59. The summed E-state index contributed by atoms with van der Waals surface area (Å²) in [6.07, 6.45) is 1.04. The van der Waals surface area contributed by atoms with E-state index in [1.165, 1.54) is 7.11 Å². The quantitative estimate of drug-likeness (QED) is 0.506. The van der Waals surface area contributed by atoms with Crippen molar-refractivity contribution in [3.05, 3.63) is 23.3 Å². The van der Waals surface area contributed by atoms with Crippen molar-refractivity contribution in [2.45, 2.75) is 38.0 Å². The molecule has 1 aromatic carbocycles. The maximum Gasteiger partial charge on any atom is 0.308 e. The Morgan fingerprint density at radius 1 is 1.33 bits per heavy atom. The van der Waals surface area contributed by atoms with Gasteiger partial charge in [0, 0.05) is 6.54 Å². The van der Waals surface area contributed by atoms with Crippen LogP contribution < -0.4 is 14.8 Å². The van der Waals surface area contributed by atoms with Gasteiger partial charge in [0.25, 0.3) is 0 Å². The Morgan fingerprint density at radius 2 is 2.04 bits per heavy atom. The lowest BCUT2D eigenvalue weighted by Crippen LogP contribution is -2.48. The van der Waals surface area contributed by atoms with E-state index in [1.54, 1.807) is 0 Å². The van der Waals surface area contributed by atoms with Crippen molar-refractivity contribution < 1.29 is 19.0 Å². The van der Waals surface area contributed by atoms with Gasteiger partial charge in [-0.05, 0) is 29.7 Å². The van der Waals surface area contributed by atoms with Crippen molar-refractivity contribution in [2.24, 2.45) is 0 Å². The molecule has 1 N–H and O–H groups in total. The number of ether oxygens (including phenoxy) is 3. The zero-order valence-electron chi connectivity index (χ0n) is 14.6. The van der Waals surface area contributed by atoms with Gasteiger partial charge in [0.15, 0.2) is 11.5 Å². The Morgan fingerprint density at radius 3 is 2.71 bits per heavy atom. The van der Waals surface area contributed by atoms with Gasteiger partial charge in [-0.2, -0.15) is 0 Å². The average molecular weight is 345 g/mol. The maximum absolute atomic E-state index is 12.1. The number of rotatable bonds is 2. The van der Waals surface area contributed by atoms with E-state index in [0.717, 1.165) is 29.8 Å². The summed E-state index contributed by atoms with van der Waals surface area (Å²) >= 11 is 0. The second-order valence-corrected chi connectivity index (χ2v) is 11.9. The Balaban J connectivity index is 2.12. The third kappa shape index (κ3) is 3.28. The van der Waals surface area contributed by atoms with Gasteiger partial charge in [-0.25, -0.2) is 0 Å². The topological polar surface area (TPSA) is 56.8 Å². The number of nitrogens with one attached hydrogen (secondary N) is 1. The summed E-state index contributed by atoms with van der Waals surface area (Å²) in [4.78, 5) is 12.1. The smallest absolute Gasteiger partial charge is 0.308 e. The van der Waals surface area contributed by atoms with E-state index >= 15 is 0 Å². The number of fused-ring (bicyclic) bond motifs is 2. The minimum Gasteiger partial charge on any atom is -0.469 e. The van der Waals surface area contributed by atoms with Crippen LogP contribution in [0.5, 0.6) is 11.5 Å². The van der Waals surface area contributed by atoms with Crippen molar-refractivity contribution in [3.8, 4) is 23.0 Å². The van der Waals surface area contributed by atoms with Gasteiger partial charge >= 0.3 is 5.97 Å². The van der Waals surface area contributed by atoms with Crippen molar-refractivity contribution in [1.29, 1.82) is 0 Å². The van der Waals surface area contributed by atoms with Crippen LogP contribution >= 0.6 is 0 Å². The summed E-state index contributed by atoms with van der Waals surface area (Å²) < 4.78 is 15.9. The lowest BCUT2D eigenvalue weighted by molar-refractivity contribution is -0.142. The molecule has 1 aromatic rings. The fourth-order valence-corrected chi connectivity index (χ4v) is 3.58. The molecule has 3 rings (SSSR count). The molecule has 24 heavy (non-hydrogen) atoms. The second kappa shape index (κ2) is 6.15. The van der Waals surface area contributed by atoms with Gasteiger partial charge in [0.05, 0.1) is 13.5 Å². The first-order valence-electron chi connectivity index (χ1n) is 8.12. The fourth-order valence-electron chi connectivity index (χ4n) is 2.99. The molecule has 0 fully saturated rings. The van der Waals surface area contributed by atoms with Crippen molar-refractivity contribution >= 4 is 14.0 Å². The van der Waals surface area contributed by atoms with Crippen LogP contribution in [0, 0.1) is 11.5 Å². The van der Waals surface area contributed by atoms with Crippen LogP contribution in [0.4, 0.5) is 0 Å². The highest BCUT2D eigenvalue weighted by Gasteiger charge is 2.39. The molecule has 0 amide bonds. The number of hydrogen-bond acceptors (Lipinski definition) is 5. The molecule has 1 unspecified atom stereocenters. The normalized spacial score (nSPS) is 21.5. The molecule has 0 saturated carbocycles. The summed E-state index contributed by atoms with van der Waals surface area (Å²) in [6, 6.07) is 3.98. The molecule has 2 aliphatic rings. The van der Waals surface area contributed by atoms with Crippen LogP contribution in [0.1, 0.15) is 17.5 Å². The molecular formula is C18H23NO4Si. The molecule has 0 saturated heterocycles. The monoisotopic (exact) mass is 345 g/mol. The van der Waals surface area contributed by atoms with E-state index in [0.29, 0.717) is 5.75 Å². The molecule has 0 spiro atoms. The predicted octanol–water partition coefficient (Wildman–Crippen LogP) is 2.20. The molecule has 2 heterocycles. The van der Waals surface area contributed by atoms with Gasteiger partial charge in [-0.15, -0.1) is 5.54 Å². The lowest BCUT2D eigenvalue weighted by atomic mass is 9.80. The summed E-state index contributed by atoms with van der Waals surface area (Å²) in [5, 5.41) is 3.47. The molecule has 6 heteroatoms. The molecule has 0 bridgehead atoms.